The Morgan fingerprint density at radius 3 is 2.52 bits per heavy atom. The lowest BCUT2D eigenvalue weighted by atomic mass is 9.93. The van der Waals surface area contributed by atoms with Crippen LogP contribution >= 0.6 is 0 Å². The summed E-state index contributed by atoms with van der Waals surface area (Å²) in [5.41, 5.74) is 7.63. The first-order chi connectivity index (χ1) is 21.1. The van der Waals surface area contributed by atoms with E-state index in [1.807, 2.05) is 10.8 Å². The Bertz CT molecular complexity index is 1710. The van der Waals surface area contributed by atoms with Crippen molar-refractivity contribution in [3.8, 4) is 17.0 Å². The molecule has 1 fully saturated rings. The predicted octanol–water partition coefficient (Wildman–Crippen LogP) is 4.93. The molecule has 5 rings (SSSR count). The summed E-state index contributed by atoms with van der Waals surface area (Å²) in [6.07, 6.45) is 3.87. The number of carbonyl (C=O) groups excluding carboxylic acids is 1. The van der Waals surface area contributed by atoms with Gasteiger partial charge in [0.2, 0.25) is 0 Å². The molecule has 0 spiro atoms. The molecule has 3 heterocycles. The number of primary amides is 1. The number of nitrogens with zero attached hydrogens (tertiary/aromatic N) is 2. The van der Waals surface area contributed by atoms with Gasteiger partial charge in [0.25, 0.3) is 15.9 Å². The number of carbonyl (C=O) groups is 1. The van der Waals surface area contributed by atoms with Crippen molar-refractivity contribution in [3.05, 3.63) is 83.3 Å². The van der Waals surface area contributed by atoms with Gasteiger partial charge < -0.3 is 20.5 Å². The highest BCUT2D eigenvalue weighted by Gasteiger charge is 2.27. The number of halogens is 3. The maximum absolute atomic E-state index is 13.2. The van der Waals surface area contributed by atoms with Crippen molar-refractivity contribution >= 4 is 33.3 Å². The molecule has 2 aromatic heterocycles. The minimum Gasteiger partial charge on any atom is -0.491 e. The molecule has 0 unspecified atom stereocenters. The second kappa shape index (κ2) is 13.3. The first kappa shape index (κ1) is 30.8. The second-order valence-electron chi connectivity index (χ2n) is 10.0. The van der Waals surface area contributed by atoms with Crippen LogP contribution in [-0.4, -0.2) is 55.1 Å². The van der Waals surface area contributed by atoms with Gasteiger partial charge in [-0.15, -0.1) is 0 Å². The summed E-state index contributed by atoms with van der Waals surface area (Å²) in [5, 5.41) is 9.97. The zero-order valence-electron chi connectivity index (χ0n) is 23.2. The third-order valence-electron chi connectivity index (χ3n) is 7.05. The molecule has 11 nitrogen and oxygen atoms in total. The van der Waals surface area contributed by atoms with Crippen LogP contribution in [0.4, 0.5) is 30.5 Å². The minimum atomic E-state index is -5.02. The van der Waals surface area contributed by atoms with Gasteiger partial charge in [0.1, 0.15) is 34.5 Å². The van der Waals surface area contributed by atoms with Crippen molar-refractivity contribution in [2.75, 3.05) is 29.9 Å². The van der Waals surface area contributed by atoms with Gasteiger partial charge in [0.15, 0.2) is 0 Å². The van der Waals surface area contributed by atoms with Crippen LogP contribution in [0.2, 0.25) is 0 Å². The van der Waals surface area contributed by atoms with Crippen LogP contribution < -0.4 is 20.5 Å². The lowest BCUT2D eigenvalue weighted by Gasteiger charge is -2.22. The first-order valence-corrected chi connectivity index (χ1v) is 15.2. The normalized spacial score (nSPS) is 14.0. The molecular formula is C29H29F3N6O5S. The third kappa shape index (κ3) is 7.29. The lowest BCUT2D eigenvalue weighted by Crippen LogP contribution is -2.21. The van der Waals surface area contributed by atoms with Crippen LogP contribution in [0.15, 0.2) is 60.8 Å². The molecule has 0 radical (unpaired) electrons. The number of hydrogen-bond donors (Lipinski definition) is 4. The highest BCUT2D eigenvalue weighted by Crippen LogP contribution is 2.35. The Labute approximate surface area is 251 Å². The number of sulfonamides is 1. The van der Waals surface area contributed by atoms with Crippen LogP contribution in [0, 0.1) is 5.82 Å². The molecule has 0 aliphatic carbocycles. The summed E-state index contributed by atoms with van der Waals surface area (Å²) < 4.78 is 76.3. The SMILES string of the molecule is NC(=O)c1c(-c2ccc(NS(=O)(=O)C(F)F)c(OCCc3ccc(F)cc3)c2)n[nH]c1Nc1ccc(C2CCOCC2)cn1. The van der Waals surface area contributed by atoms with Crippen molar-refractivity contribution in [1.82, 2.24) is 15.2 Å². The summed E-state index contributed by atoms with van der Waals surface area (Å²) >= 11 is 0. The number of alkyl halides is 2. The fourth-order valence-electron chi connectivity index (χ4n) is 4.76. The van der Waals surface area contributed by atoms with Gasteiger partial charge in [-0.2, -0.15) is 13.9 Å². The molecule has 2 aromatic carbocycles. The number of amides is 1. The number of H-pyrrole nitrogens is 1. The number of rotatable bonds is 12. The van der Waals surface area contributed by atoms with E-state index >= 15 is 0 Å². The largest absolute Gasteiger partial charge is 0.491 e. The number of pyridine rings is 1. The number of nitrogens with one attached hydrogen (secondary N) is 3. The zero-order chi connectivity index (χ0) is 31.3. The maximum Gasteiger partial charge on any atom is 0.355 e. The standard InChI is InChI=1S/C29H29F3N6O5S/c30-21-5-1-17(2-6-21)9-14-43-23-15-19(3-7-22(23)38-44(40,41)29(31)32)26-25(27(33)39)28(37-36-26)35-24-8-4-20(16-34-24)18-10-12-42-13-11-18/h1-8,15-16,18,29,38H,9-14H2,(H2,33,39)(H2,34,35,36,37). The smallest absolute Gasteiger partial charge is 0.355 e. The molecule has 1 amide bonds. The third-order valence-corrected chi connectivity index (χ3v) is 8.02. The quantitative estimate of drug-likeness (QED) is 0.171. The monoisotopic (exact) mass is 630 g/mol. The Morgan fingerprint density at radius 2 is 1.86 bits per heavy atom. The van der Waals surface area contributed by atoms with Gasteiger partial charge in [0.05, 0.1) is 12.3 Å². The molecule has 1 saturated heterocycles. The average molecular weight is 631 g/mol. The van der Waals surface area contributed by atoms with Gasteiger partial charge in [-0.3, -0.25) is 14.6 Å². The molecule has 4 aromatic rings. The molecule has 1 aliphatic heterocycles. The van der Waals surface area contributed by atoms with E-state index in [9.17, 15) is 26.4 Å². The van der Waals surface area contributed by atoms with Crippen LogP contribution in [0.5, 0.6) is 5.75 Å². The molecule has 232 valence electrons. The van der Waals surface area contributed by atoms with E-state index in [0.717, 1.165) is 24.0 Å². The van der Waals surface area contributed by atoms with E-state index in [4.69, 9.17) is 15.2 Å². The van der Waals surface area contributed by atoms with Crippen molar-refractivity contribution < 1.29 is 35.9 Å². The van der Waals surface area contributed by atoms with Crippen molar-refractivity contribution in [3.63, 3.8) is 0 Å². The van der Waals surface area contributed by atoms with E-state index < -0.39 is 27.5 Å². The summed E-state index contributed by atoms with van der Waals surface area (Å²) in [6.45, 7) is 1.39. The molecule has 0 bridgehead atoms. The van der Waals surface area contributed by atoms with Crippen LogP contribution in [0.1, 0.15) is 40.2 Å². The van der Waals surface area contributed by atoms with Crippen molar-refractivity contribution in [1.29, 1.82) is 0 Å². The number of aromatic amines is 1. The second-order valence-corrected chi connectivity index (χ2v) is 11.7. The van der Waals surface area contributed by atoms with Crippen LogP contribution in [0.25, 0.3) is 11.3 Å². The van der Waals surface area contributed by atoms with E-state index in [-0.39, 0.29) is 40.7 Å². The Hall–Kier alpha value is -4.63. The highest BCUT2D eigenvalue weighted by molar-refractivity contribution is 7.93. The number of benzene rings is 2. The number of aromatic nitrogens is 3. The van der Waals surface area contributed by atoms with E-state index in [0.29, 0.717) is 31.4 Å². The molecular weight excluding hydrogens is 601 g/mol. The maximum atomic E-state index is 13.2. The molecule has 5 N–H and O–H groups in total. The molecule has 1 aliphatic rings. The lowest BCUT2D eigenvalue weighted by molar-refractivity contribution is 0.0853. The molecule has 44 heavy (non-hydrogen) atoms. The first-order valence-electron chi connectivity index (χ1n) is 13.6. The van der Waals surface area contributed by atoms with Crippen molar-refractivity contribution in [2.24, 2.45) is 5.73 Å². The molecule has 15 heteroatoms. The van der Waals surface area contributed by atoms with Gasteiger partial charge in [-0.05, 0) is 60.2 Å². The highest BCUT2D eigenvalue weighted by atomic mass is 32.2. The Balaban J connectivity index is 1.40. The van der Waals surface area contributed by atoms with Gasteiger partial charge in [0, 0.05) is 31.4 Å². The van der Waals surface area contributed by atoms with Gasteiger partial charge in [-0.25, -0.2) is 17.8 Å². The number of nitrogens with two attached hydrogens (primary N) is 1. The predicted molar refractivity (Wildman–Crippen MR) is 157 cm³/mol. The Kier molecular flexibility index (Phi) is 9.35. The minimum absolute atomic E-state index is 0.00984. The van der Waals surface area contributed by atoms with E-state index in [1.54, 1.807) is 24.4 Å². The van der Waals surface area contributed by atoms with Crippen LogP contribution in [0.3, 0.4) is 0 Å². The molecule has 0 saturated carbocycles. The summed E-state index contributed by atoms with van der Waals surface area (Å²) in [5.74, 6) is -4.07. The topological polar surface area (TPSA) is 161 Å². The molecule has 0 atom stereocenters. The number of ether oxygens (including phenoxy) is 2. The fourth-order valence-corrected chi connectivity index (χ4v) is 5.33. The van der Waals surface area contributed by atoms with Crippen LogP contribution in [-0.2, 0) is 21.2 Å². The summed E-state index contributed by atoms with van der Waals surface area (Å²) in [7, 11) is -5.02. The van der Waals surface area contributed by atoms with E-state index in [1.165, 1.54) is 30.3 Å². The summed E-state index contributed by atoms with van der Waals surface area (Å²) in [4.78, 5) is 17.0. The average Bonchev–Trinajstić information content (AvgIpc) is 3.43. The number of hydrogen-bond acceptors (Lipinski definition) is 8. The van der Waals surface area contributed by atoms with Gasteiger partial charge in [-0.1, -0.05) is 24.3 Å². The van der Waals surface area contributed by atoms with Gasteiger partial charge >= 0.3 is 5.76 Å². The van der Waals surface area contributed by atoms with Crippen molar-refractivity contribution in [2.45, 2.75) is 30.9 Å². The number of anilines is 3. The zero-order valence-corrected chi connectivity index (χ0v) is 24.0. The Morgan fingerprint density at radius 1 is 1.11 bits per heavy atom. The fraction of sp³-hybridized carbons (Fsp3) is 0.276. The van der Waals surface area contributed by atoms with E-state index in [2.05, 4.69) is 20.5 Å². The summed E-state index contributed by atoms with van der Waals surface area (Å²) in [6, 6.07) is 13.3.